The summed E-state index contributed by atoms with van der Waals surface area (Å²) in [6.45, 7) is 6.84. The van der Waals surface area contributed by atoms with Gasteiger partial charge >= 0.3 is 6.03 Å². The van der Waals surface area contributed by atoms with Crippen LogP contribution in [0.1, 0.15) is 35.9 Å². The third kappa shape index (κ3) is 5.59. The van der Waals surface area contributed by atoms with Gasteiger partial charge in [0.1, 0.15) is 18.9 Å². The molecule has 1 N–H and O–H groups in total. The largest absolute Gasteiger partial charge is 0.491 e. The Morgan fingerprint density at radius 1 is 1.12 bits per heavy atom. The Morgan fingerprint density at radius 3 is 2.56 bits per heavy atom. The first-order valence-electron chi connectivity index (χ1n) is 11.6. The Balaban J connectivity index is 1.48. The van der Waals surface area contributed by atoms with E-state index in [-0.39, 0.29) is 30.6 Å². The summed E-state index contributed by atoms with van der Waals surface area (Å²) in [5, 5.41) is 4.99. The fourth-order valence-corrected chi connectivity index (χ4v) is 5.05. The van der Waals surface area contributed by atoms with Gasteiger partial charge in [-0.1, -0.05) is 35.9 Å². The minimum atomic E-state index is -0.280. The van der Waals surface area contributed by atoms with Crippen molar-refractivity contribution in [1.29, 1.82) is 0 Å². The zero-order valence-corrected chi connectivity index (χ0v) is 20.7. The Labute approximate surface area is 205 Å². The normalized spacial score (nSPS) is 15.1. The van der Waals surface area contributed by atoms with Crippen molar-refractivity contribution >= 4 is 29.0 Å². The summed E-state index contributed by atoms with van der Waals surface area (Å²) in [4.78, 5) is 31.3. The van der Waals surface area contributed by atoms with E-state index in [1.54, 1.807) is 16.2 Å². The number of nitrogens with zero attached hydrogens (tertiary/aromatic N) is 2. The fourth-order valence-electron chi connectivity index (χ4n) is 4.12. The molecule has 0 bridgehead atoms. The molecule has 0 unspecified atom stereocenters. The number of para-hydroxylation sites is 1. The van der Waals surface area contributed by atoms with Gasteiger partial charge in [-0.2, -0.15) is 0 Å². The van der Waals surface area contributed by atoms with Crippen LogP contribution in [0.5, 0.6) is 5.75 Å². The van der Waals surface area contributed by atoms with Crippen molar-refractivity contribution in [2.24, 2.45) is 0 Å². The van der Waals surface area contributed by atoms with E-state index >= 15 is 0 Å². The number of rotatable bonds is 7. The van der Waals surface area contributed by atoms with Crippen molar-refractivity contribution in [1.82, 2.24) is 9.80 Å². The number of aryl methyl sites for hydroxylation is 1. The van der Waals surface area contributed by atoms with Gasteiger partial charge in [0.25, 0.3) is 0 Å². The molecule has 1 aliphatic rings. The smallest absolute Gasteiger partial charge is 0.322 e. The predicted molar refractivity (Wildman–Crippen MR) is 136 cm³/mol. The van der Waals surface area contributed by atoms with Crippen LogP contribution in [0, 0.1) is 6.92 Å². The van der Waals surface area contributed by atoms with Gasteiger partial charge in [0, 0.05) is 23.2 Å². The Bertz CT molecular complexity index is 1110. The second-order valence-corrected chi connectivity index (χ2v) is 9.79. The fraction of sp³-hybridized carbons (Fsp3) is 0.333. The quantitative estimate of drug-likeness (QED) is 0.489. The molecule has 0 spiro atoms. The highest BCUT2D eigenvalue weighted by atomic mass is 32.1. The van der Waals surface area contributed by atoms with Crippen LogP contribution in [0.2, 0.25) is 0 Å². The maximum Gasteiger partial charge on any atom is 0.322 e. The lowest BCUT2D eigenvalue weighted by molar-refractivity contribution is -0.135. The molecule has 0 fully saturated rings. The minimum Gasteiger partial charge on any atom is -0.491 e. The molecule has 3 aromatic rings. The highest BCUT2D eigenvalue weighted by Gasteiger charge is 2.34. The van der Waals surface area contributed by atoms with Gasteiger partial charge in [-0.15, -0.1) is 11.3 Å². The highest BCUT2D eigenvalue weighted by Crippen LogP contribution is 2.34. The Hall–Kier alpha value is -3.32. The maximum absolute atomic E-state index is 13.5. The van der Waals surface area contributed by atoms with Crippen molar-refractivity contribution in [3.63, 3.8) is 0 Å². The third-order valence-electron chi connectivity index (χ3n) is 6.06. The summed E-state index contributed by atoms with van der Waals surface area (Å²) in [6, 6.07) is 18.8. The first-order valence-corrected chi connectivity index (χ1v) is 12.5. The summed E-state index contributed by atoms with van der Waals surface area (Å²) >= 11 is 1.72. The number of anilines is 1. The number of hydrogen-bond acceptors (Lipinski definition) is 4. The monoisotopic (exact) mass is 477 g/mol. The van der Waals surface area contributed by atoms with Crippen LogP contribution in [-0.2, 0) is 11.2 Å². The van der Waals surface area contributed by atoms with E-state index in [4.69, 9.17) is 4.74 Å². The molecular formula is C27H31N3O3S. The van der Waals surface area contributed by atoms with Gasteiger partial charge in [-0.25, -0.2) is 4.79 Å². The molecule has 2 heterocycles. The molecule has 6 nitrogen and oxygen atoms in total. The van der Waals surface area contributed by atoms with Crippen LogP contribution in [0.3, 0.4) is 0 Å². The minimum absolute atomic E-state index is 0.0106. The highest BCUT2D eigenvalue weighted by molar-refractivity contribution is 7.10. The number of carbonyl (C=O) groups is 2. The summed E-state index contributed by atoms with van der Waals surface area (Å²) < 4.78 is 6.06. The Kier molecular flexibility index (Phi) is 7.53. The van der Waals surface area contributed by atoms with Gasteiger partial charge in [-0.05, 0) is 68.5 Å². The maximum atomic E-state index is 13.5. The second-order valence-electron chi connectivity index (χ2n) is 8.79. The van der Waals surface area contributed by atoms with Crippen LogP contribution in [0.15, 0.2) is 66.0 Å². The summed E-state index contributed by atoms with van der Waals surface area (Å²) in [6.07, 6.45) is 0.817. The predicted octanol–water partition coefficient (Wildman–Crippen LogP) is 5.50. The summed E-state index contributed by atoms with van der Waals surface area (Å²) in [5.41, 5.74) is 2.97. The third-order valence-corrected chi connectivity index (χ3v) is 7.06. The van der Waals surface area contributed by atoms with Gasteiger partial charge in [0.15, 0.2) is 0 Å². The second kappa shape index (κ2) is 10.7. The van der Waals surface area contributed by atoms with Crippen molar-refractivity contribution < 1.29 is 14.3 Å². The van der Waals surface area contributed by atoms with Crippen LogP contribution in [0.4, 0.5) is 10.5 Å². The number of nitrogens with one attached hydrogen (secondary N) is 1. The van der Waals surface area contributed by atoms with E-state index < -0.39 is 0 Å². The number of benzene rings is 2. The number of amides is 3. The molecule has 34 heavy (non-hydrogen) atoms. The van der Waals surface area contributed by atoms with Crippen LogP contribution >= 0.6 is 11.3 Å². The summed E-state index contributed by atoms with van der Waals surface area (Å²) in [5.74, 6) is 0.699. The number of carbonyl (C=O) groups excluding carboxylic acids is 2. The molecule has 1 aliphatic heterocycles. The molecule has 1 aromatic heterocycles. The average Bonchev–Trinajstić information content (AvgIpc) is 3.32. The van der Waals surface area contributed by atoms with Crippen molar-refractivity contribution in [2.45, 2.75) is 39.3 Å². The van der Waals surface area contributed by atoms with E-state index in [2.05, 4.69) is 16.8 Å². The van der Waals surface area contributed by atoms with Crippen molar-refractivity contribution in [3.05, 3.63) is 82.0 Å². The number of urea groups is 1. The number of fused-ring (bicyclic) bond motifs is 1. The van der Waals surface area contributed by atoms with Crippen LogP contribution in [0.25, 0.3) is 0 Å². The molecule has 4 rings (SSSR count). The van der Waals surface area contributed by atoms with E-state index in [1.165, 1.54) is 4.88 Å². The van der Waals surface area contributed by atoms with Crippen molar-refractivity contribution in [2.75, 3.05) is 25.0 Å². The molecule has 2 aromatic carbocycles. The first kappa shape index (κ1) is 23.8. The molecule has 178 valence electrons. The topological polar surface area (TPSA) is 61.9 Å². The van der Waals surface area contributed by atoms with Gasteiger partial charge in [0.2, 0.25) is 5.91 Å². The zero-order valence-electron chi connectivity index (χ0n) is 19.9. The molecule has 0 aliphatic carbocycles. The van der Waals surface area contributed by atoms with Crippen LogP contribution < -0.4 is 10.1 Å². The molecule has 7 heteroatoms. The molecule has 0 saturated heterocycles. The molecule has 0 radical (unpaired) electrons. The van der Waals surface area contributed by atoms with Gasteiger partial charge in [0.05, 0.1) is 6.04 Å². The van der Waals surface area contributed by atoms with E-state index in [0.29, 0.717) is 18.8 Å². The lowest BCUT2D eigenvalue weighted by atomic mass is 10.0. The molecule has 0 saturated carbocycles. The van der Waals surface area contributed by atoms with Gasteiger partial charge < -0.3 is 19.9 Å². The molecule has 3 amide bonds. The SMILES string of the molecule is Cc1ccc(NC(=O)N(CC(=O)N2CCc3sccc3[C@@H]2COc2ccccc2)C(C)C)cc1. The first-order chi connectivity index (χ1) is 16.4. The number of ether oxygens (including phenoxy) is 1. The zero-order chi connectivity index (χ0) is 24.1. The van der Waals surface area contributed by atoms with Gasteiger partial charge in [-0.3, -0.25) is 4.79 Å². The number of hydrogen-bond donors (Lipinski definition) is 1. The standard InChI is InChI=1S/C27H31N3O3S/c1-19(2)30(27(32)28-21-11-9-20(3)10-12-21)17-26(31)29-15-13-25-23(14-16-34-25)24(29)18-33-22-7-5-4-6-8-22/h4-12,14,16,19,24H,13,15,17-18H2,1-3H3,(H,28,32)/t24-/m0/s1. The van der Waals surface area contributed by atoms with E-state index in [9.17, 15) is 9.59 Å². The lowest BCUT2D eigenvalue weighted by Gasteiger charge is -2.37. The number of thiophene rings is 1. The molecule has 1 atom stereocenters. The summed E-state index contributed by atoms with van der Waals surface area (Å²) in [7, 11) is 0. The molecular weight excluding hydrogens is 446 g/mol. The van der Waals surface area contributed by atoms with E-state index in [1.807, 2.05) is 80.3 Å². The van der Waals surface area contributed by atoms with Crippen LogP contribution in [-0.4, -0.2) is 47.5 Å². The van der Waals surface area contributed by atoms with E-state index in [0.717, 1.165) is 23.3 Å². The lowest BCUT2D eigenvalue weighted by Crippen LogP contribution is -2.50. The Morgan fingerprint density at radius 2 is 1.85 bits per heavy atom. The van der Waals surface area contributed by atoms with Crippen molar-refractivity contribution in [3.8, 4) is 5.75 Å². The average molecular weight is 478 g/mol.